The molecule has 0 fully saturated rings. The van der Waals surface area contributed by atoms with E-state index >= 15 is 0 Å². The summed E-state index contributed by atoms with van der Waals surface area (Å²) in [6, 6.07) is 14.2. The summed E-state index contributed by atoms with van der Waals surface area (Å²) in [5.41, 5.74) is 1.65. The molecule has 0 aliphatic rings. The summed E-state index contributed by atoms with van der Waals surface area (Å²) in [5, 5.41) is 14.0. The molecule has 0 atom stereocenters. The first-order valence-electron chi connectivity index (χ1n) is 7.97. The smallest absolute Gasteiger partial charge is 0.304 e. The lowest BCUT2D eigenvalue weighted by Gasteiger charge is -2.03. The maximum Gasteiger partial charge on any atom is 0.304 e. The first-order chi connectivity index (χ1) is 12.6. The molecule has 0 saturated heterocycles. The normalized spacial score (nSPS) is 11.2. The van der Waals surface area contributed by atoms with Gasteiger partial charge in [0.15, 0.2) is 5.16 Å². The van der Waals surface area contributed by atoms with Gasteiger partial charge < -0.3 is 10.1 Å². The fraction of sp³-hybridized carbons (Fsp3) is 0.105. The summed E-state index contributed by atoms with van der Waals surface area (Å²) in [4.78, 5) is 31.1. The second-order valence-corrected chi connectivity index (χ2v) is 7.70. The van der Waals surface area contributed by atoms with E-state index < -0.39 is 5.97 Å². The van der Waals surface area contributed by atoms with Crippen molar-refractivity contribution in [1.82, 2.24) is 9.97 Å². The molecule has 0 unspecified atom stereocenters. The van der Waals surface area contributed by atoms with Crippen molar-refractivity contribution in [3.63, 3.8) is 0 Å². The molecule has 7 heteroatoms. The van der Waals surface area contributed by atoms with Gasteiger partial charge in [-0.3, -0.25) is 9.59 Å². The Hall–Kier alpha value is -2.64. The van der Waals surface area contributed by atoms with Crippen LogP contribution >= 0.6 is 23.1 Å². The highest BCUT2D eigenvalue weighted by atomic mass is 32.2. The van der Waals surface area contributed by atoms with Crippen LogP contribution in [0.5, 0.6) is 0 Å². The van der Waals surface area contributed by atoms with Gasteiger partial charge in [-0.2, -0.15) is 0 Å². The average Bonchev–Trinajstić information content (AvgIpc) is 3.05. The number of thiophene rings is 1. The summed E-state index contributed by atoms with van der Waals surface area (Å²) >= 11 is 2.67. The Labute approximate surface area is 156 Å². The van der Waals surface area contributed by atoms with Gasteiger partial charge in [-0.05, 0) is 22.4 Å². The number of fused-ring (bicyclic) bond motifs is 2. The number of nitrogens with one attached hydrogen (secondary N) is 1. The summed E-state index contributed by atoms with van der Waals surface area (Å²) in [6.07, 6.45) is 0.0270. The Morgan fingerprint density at radius 1 is 1.19 bits per heavy atom. The molecule has 2 aromatic heterocycles. The van der Waals surface area contributed by atoms with Gasteiger partial charge in [0, 0.05) is 16.7 Å². The quantitative estimate of drug-likeness (QED) is 0.395. The highest BCUT2D eigenvalue weighted by molar-refractivity contribution is 7.99. The molecular formula is C19H14N2O3S2. The maximum absolute atomic E-state index is 12.6. The van der Waals surface area contributed by atoms with Crippen LogP contribution in [-0.2, 0) is 4.79 Å². The van der Waals surface area contributed by atoms with Crippen LogP contribution in [0.3, 0.4) is 0 Å². The summed E-state index contributed by atoms with van der Waals surface area (Å²) < 4.78 is 0. The van der Waals surface area contributed by atoms with Gasteiger partial charge in [-0.15, -0.1) is 11.3 Å². The number of aromatic amines is 1. The second-order valence-electron chi connectivity index (χ2n) is 5.75. The summed E-state index contributed by atoms with van der Waals surface area (Å²) in [7, 11) is 0. The van der Waals surface area contributed by atoms with Crippen LogP contribution in [0.25, 0.3) is 32.1 Å². The van der Waals surface area contributed by atoms with Crippen molar-refractivity contribution in [2.45, 2.75) is 11.6 Å². The lowest BCUT2D eigenvalue weighted by atomic mass is 10.0. The number of hydrogen-bond donors (Lipinski definition) is 2. The molecule has 0 radical (unpaired) electrons. The van der Waals surface area contributed by atoms with E-state index in [1.807, 2.05) is 35.7 Å². The topological polar surface area (TPSA) is 83.0 Å². The van der Waals surface area contributed by atoms with E-state index in [9.17, 15) is 9.59 Å². The molecule has 0 saturated carbocycles. The molecule has 2 N–H and O–H groups in total. The number of aliphatic carboxylic acids is 1. The SMILES string of the molecule is O=C(O)CCSc1nc2scc(-c3ccc4ccccc4c3)c2c(=O)[nH]1. The highest BCUT2D eigenvalue weighted by Gasteiger charge is 2.13. The molecule has 2 heterocycles. The van der Waals surface area contributed by atoms with E-state index in [1.165, 1.54) is 23.1 Å². The zero-order chi connectivity index (χ0) is 18.1. The van der Waals surface area contributed by atoms with Crippen molar-refractivity contribution in [1.29, 1.82) is 0 Å². The van der Waals surface area contributed by atoms with Crippen molar-refractivity contribution in [3.05, 3.63) is 58.2 Å². The van der Waals surface area contributed by atoms with Crippen LogP contribution in [0.1, 0.15) is 6.42 Å². The van der Waals surface area contributed by atoms with E-state index in [4.69, 9.17) is 5.11 Å². The summed E-state index contributed by atoms with van der Waals surface area (Å²) in [5.74, 6) is -0.497. The van der Waals surface area contributed by atoms with Crippen LogP contribution < -0.4 is 5.56 Å². The minimum absolute atomic E-state index is 0.0270. The van der Waals surface area contributed by atoms with E-state index in [1.54, 1.807) is 0 Å². The van der Waals surface area contributed by atoms with Crippen LogP contribution in [0.2, 0.25) is 0 Å². The van der Waals surface area contributed by atoms with Crippen molar-refractivity contribution in [2.75, 3.05) is 5.75 Å². The fourth-order valence-corrected chi connectivity index (χ4v) is 4.60. The largest absolute Gasteiger partial charge is 0.481 e. The number of H-pyrrole nitrogens is 1. The second kappa shape index (κ2) is 6.93. The van der Waals surface area contributed by atoms with Gasteiger partial charge in [-0.1, -0.05) is 48.2 Å². The molecule has 130 valence electrons. The average molecular weight is 382 g/mol. The Morgan fingerprint density at radius 3 is 2.81 bits per heavy atom. The molecule has 0 amide bonds. The zero-order valence-electron chi connectivity index (χ0n) is 13.6. The molecule has 0 aliphatic heterocycles. The van der Waals surface area contributed by atoms with Gasteiger partial charge >= 0.3 is 5.97 Å². The standard InChI is InChI=1S/C19H14N2O3S2/c22-15(23)7-8-25-19-20-17(24)16-14(10-26-18(16)21-19)13-6-5-11-3-1-2-4-12(11)9-13/h1-6,9-10H,7-8H2,(H,22,23)(H,20,21,24). The lowest BCUT2D eigenvalue weighted by molar-refractivity contribution is -0.136. The molecule has 0 spiro atoms. The Bertz CT molecular complexity index is 1180. The third-order valence-corrected chi connectivity index (χ3v) is 5.78. The van der Waals surface area contributed by atoms with Crippen LogP contribution in [0.4, 0.5) is 0 Å². The van der Waals surface area contributed by atoms with E-state index in [2.05, 4.69) is 22.1 Å². The third-order valence-electron chi connectivity index (χ3n) is 4.04. The first kappa shape index (κ1) is 16.8. The number of rotatable bonds is 5. The molecule has 0 aliphatic carbocycles. The zero-order valence-corrected chi connectivity index (χ0v) is 15.2. The number of benzene rings is 2. The van der Waals surface area contributed by atoms with Gasteiger partial charge in [0.2, 0.25) is 0 Å². The number of nitrogens with zero attached hydrogens (tertiary/aromatic N) is 1. The Morgan fingerprint density at radius 2 is 2.00 bits per heavy atom. The molecule has 4 aromatic rings. The van der Waals surface area contributed by atoms with E-state index in [0.29, 0.717) is 21.1 Å². The number of hydrogen-bond acceptors (Lipinski definition) is 5. The van der Waals surface area contributed by atoms with Crippen LogP contribution in [0, 0.1) is 0 Å². The first-order valence-corrected chi connectivity index (χ1v) is 9.83. The summed E-state index contributed by atoms with van der Waals surface area (Å²) in [6.45, 7) is 0. The predicted octanol–water partition coefficient (Wildman–Crippen LogP) is 4.37. The number of aromatic nitrogens is 2. The Balaban J connectivity index is 1.74. The van der Waals surface area contributed by atoms with Gasteiger partial charge in [0.1, 0.15) is 4.83 Å². The molecule has 5 nitrogen and oxygen atoms in total. The minimum Gasteiger partial charge on any atom is -0.481 e. The van der Waals surface area contributed by atoms with Gasteiger partial charge in [0.25, 0.3) is 5.56 Å². The molecule has 26 heavy (non-hydrogen) atoms. The van der Waals surface area contributed by atoms with Crippen LogP contribution in [0.15, 0.2) is 57.8 Å². The van der Waals surface area contributed by atoms with Gasteiger partial charge in [-0.25, -0.2) is 4.98 Å². The fourth-order valence-electron chi connectivity index (χ4n) is 2.80. The van der Waals surface area contributed by atoms with Gasteiger partial charge in [0.05, 0.1) is 11.8 Å². The monoisotopic (exact) mass is 382 g/mol. The van der Waals surface area contributed by atoms with E-state index in [0.717, 1.165) is 21.9 Å². The lowest BCUT2D eigenvalue weighted by Crippen LogP contribution is -2.09. The Kier molecular flexibility index (Phi) is 4.48. The molecule has 2 aromatic carbocycles. The minimum atomic E-state index is -0.865. The highest BCUT2D eigenvalue weighted by Crippen LogP contribution is 2.33. The van der Waals surface area contributed by atoms with Crippen LogP contribution in [-0.4, -0.2) is 26.8 Å². The van der Waals surface area contributed by atoms with Crippen molar-refractivity contribution in [3.8, 4) is 11.1 Å². The molecule has 0 bridgehead atoms. The number of carboxylic acid groups (broad SMARTS) is 1. The third kappa shape index (κ3) is 3.23. The number of carbonyl (C=O) groups is 1. The molecular weight excluding hydrogens is 368 g/mol. The predicted molar refractivity (Wildman–Crippen MR) is 106 cm³/mol. The van der Waals surface area contributed by atoms with Crippen molar-refractivity contribution in [2.24, 2.45) is 0 Å². The van der Waals surface area contributed by atoms with E-state index in [-0.39, 0.29) is 12.0 Å². The molecule has 4 rings (SSSR count). The number of thioether (sulfide) groups is 1. The number of carboxylic acids is 1. The maximum atomic E-state index is 12.6. The van der Waals surface area contributed by atoms with Crippen molar-refractivity contribution < 1.29 is 9.90 Å². The van der Waals surface area contributed by atoms with Crippen molar-refractivity contribution >= 4 is 50.1 Å².